The molecule has 4 heteroatoms. The summed E-state index contributed by atoms with van der Waals surface area (Å²) in [5.74, 6) is 2.51. The zero-order valence-electron chi connectivity index (χ0n) is 16.1. The summed E-state index contributed by atoms with van der Waals surface area (Å²) in [6, 6.07) is 17.2. The summed E-state index contributed by atoms with van der Waals surface area (Å²) in [7, 11) is 1.70. The Morgan fingerprint density at radius 3 is 2.74 bits per heavy atom. The van der Waals surface area contributed by atoms with E-state index in [4.69, 9.17) is 4.74 Å². The number of hydrogen-bond acceptors (Lipinski definition) is 4. The Kier molecular flexibility index (Phi) is 4.80. The number of benzene rings is 2. The molecule has 0 fully saturated rings. The number of rotatable bonds is 4. The predicted molar refractivity (Wildman–Crippen MR) is 109 cm³/mol. The van der Waals surface area contributed by atoms with Crippen molar-refractivity contribution in [1.82, 2.24) is 9.97 Å². The van der Waals surface area contributed by atoms with Gasteiger partial charge in [-0.3, -0.25) is 0 Å². The van der Waals surface area contributed by atoms with Crippen molar-refractivity contribution < 1.29 is 4.74 Å². The van der Waals surface area contributed by atoms with Gasteiger partial charge in [0.05, 0.1) is 18.8 Å². The van der Waals surface area contributed by atoms with Gasteiger partial charge in [-0.2, -0.15) is 0 Å². The second-order valence-electron chi connectivity index (χ2n) is 7.16. The lowest BCUT2D eigenvalue weighted by atomic mass is 9.88. The second-order valence-corrected chi connectivity index (χ2v) is 7.16. The van der Waals surface area contributed by atoms with Crippen molar-refractivity contribution in [1.29, 1.82) is 0 Å². The molecule has 0 radical (unpaired) electrons. The summed E-state index contributed by atoms with van der Waals surface area (Å²) in [5.41, 5.74) is 5.89. The third kappa shape index (κ3) is 3.65. The summed E-state index contributed by atoms with van der Waals surface area (Å²) in [6.07, 6.45) is 3.47. The number of nitrogens with zero attached hydrogens (tertiary/aromatic N) is 2. The molecule has 0 aliphatic heterocycles. The molecule has 0 unspecified atom stereocenters. The molecular weight excluding hydrogens is 334 g/mol. The quantitative estimate of drug-likeness (QED) is 0.690. The van der Waals surface area contributed by atoms with E-state index in [1.807, 2.05) is 26.0 Å². The molecule has 0 saturated heterocycles. The van der Waals surface area contributed by atoms with Crippen molar-refractivity contribution in [3.63, 3.8) is 0 Å². The molecule has 1 atom stereocenters. The van der Waals surface area contributed by atoms with Crippen LogP contribution in [0.2, 0.25) is 0 Å². The molecule has 1 N–H and O–H groups in total. The van der Waals surface area contributed by atoms with E-state index in [2.05, 4.69) is 51.7 Å². The normalized spacial score (nSPS) is 15.9. The van der Waals surface area contributed by atoms with Gasteiger partial charge in [0.15, 0.2) is 0 Å². The van der Waals surface area contributed by atoms with Gasteiger partial charge in [-0.1, -0.05) is 36.4 Å². The highest BCUT2D eigenvalue weighted by Gasteiger charge is 2.20. The first-order chi connectivity index (χ1) is 13.1. The van der Waals surface area contributed by atoms with Crippen molar-refractivity contribution >= 4 is 5.82 Å². The summed E-state index contributed by atoms with van der Waals surface area (Å²) in [4.78, 5) is 9.27. The maximum absolute atomic E-state index is 5.47. The number of hydrogen-bond donors (Lipinski definition) is 1. The number of aryl methyl sites for hydroxylation is 3. The van der Waals surface area contributed by atoms with Crippen LogP contribution in [-0.2, 0) is 6.42 Å². The lowest BCUT2D eigenvalue weighted by Crippen LogP contribution is -2.18. The van der Waals surface area contributed by atoms with Crippen LogP contribution in [0.3, 0.4) is 0 Å². The molecular formula is C23H25N3O. The number of nitrogens with one attached hydrogen (secondary N) is 1. The molecule has 3 aromatic rings. The van der Waals surface area contributed by atoms with Gasteiger partial charge in [0.2, 0.25) is 0 Å². The minimum atomic E-state index is 0.296. The van der Waals surface area contributed by atoms with E-state index >= 15 is 0 Å². The fourth-order valence-electron chi connectivity index (χ4n) is 3.85. The molecule has 1 aliphatic rings. The Labute approximate surface area is 160 Å². The molecule has 0 amide bonds. The molecule has 1 aromatic heterocycles. The minimum absolute atomic E-state index is 0.296. The number of fused-ring (bicyclic) bond motifs is 1. The number of methoxy groups -OCH3 is 1. The van der Waals surface area contributed by atoms with Crippen LogP contribution in [0.25, 0.3) is 11.3 Å². The van der Waals surface area contributed by atoms with E-state index in [1.54, 1.807) is 7.11 Å². The van der Waals surface area contributed by atoms with Gasteiger partial charge >= 0.3 is 0 Å². The van der Waals surface area contributed by atoms with Gasteiger partial charge in [-0.25, -0.2) is 9.97 Å². The highest BCUT2D eigenvalue weighted by Crippen LogP contribution is 2.33. The first-order valence-electron chi connectivity index (χ1n) is 9.49. The number of anilines is 1. The molecule has 4 rings (SSSR count). The fraction of sp³-hybridized carbons (Fsp3) is 0.304. The summed E-state index contributed by atoms with van der Waals surface area (Å²) < 4.78 is 5.47. The molecule has 0 saturated carbocycles. The van der Waals surface area contributed by atoms with Crippen LogP contribution in [0.4, 0.5) is 5.82 Å². The van der Waals surface area contributed by atoms with Crippen LogP contribution in [0.5, 0.6) is 5.75 Å². The molecule has 2 aromatic carbocycles. The minimum Gasteiger partial charge on any atom is -0.496 e. The zero-order valence-corrected chi connectivity index (χ0v) is 16.1. The summed E-state index contributed by atoms with van der Waals surface area (Å²) in [5, 5.41) is 3.65. The molecule has 0 bridgehead atoms. The van der Waals surface area contributed by atoms with Gasteiger partial charge < -0.3 is 10.1 Å². The monoisotopic (exact) mass is 359 g/mol. The third-order valence-corrected chi connectivity index (χ3v) is 5.23. The Bertz CT molecular complexity index is 968. The fourth-order valence-corrected chi connectivity index (χ4v) is 3.85. The second kappa shape index (κ2) is 7.39. The van der Waals surface area contributed by atoms with Gasteiger partial charge in [0, 0.05) is 11.6 Å². The van der Waals surface area contributed by atoms with Crippen molar-refractivity contribution in [3.05, 3.63) is 71.0 Å². The highest BCUT2D eigenvalue weighted by atomic mass is 16.5. The van der Waals surface area contributed by atoms with Crippen molar-refractivity contribution in [2.75, 3.05) is 12.4 Å². The van der Waals surface area contributed by atoms with E-state index in [1.165, 1.54) is 17.5 Å². The molecule has 0 spiro atoms. The zero-order chi connectivity index (χ0) is 18.8. The van der Waals surface area contributed by atoms with E-state index in [0.717, 1.165) is 47.1 Å². The van der Waals surface area contributed by atoms with Crippen LogP contribution in [0.15, 0.2) is 48.5 Å². The maximum Gasteiger partial charge on any atom is 0.130 e. The average Bonchev–Trinajstić information content (AvgIpc) is 2.68. The van der Waals surface area contributed by atoms with Crippen molar-refractivity contribution in [2.45, 2.75) is 39.2 Å². The standard InChI is InChI=1S/C23H25N3O/c1-15-11-12-18(13-22(15)27-3)21-14-23(25-16(2)24-21)26-20-10-6-8-17-7-4-5-9-19(17)20/h4-5,7,9,11-14,20H,6,8,10H2,1-3H3,(H,24,25,26)/t20-/m1/s1. The first-order valence-corrected chi connectivity index (χ1v) is 9.49. The molecule has 27 heavy (non-hydrogen) atoms. The van der Waals surface area contributed by atoms with E-state index < -0.39 is 0 Å². The molecule has 138 valence electrons. The van der Waals surface area contributed by atoms with Crippen LogP contribution in [0.1, 0.15) is 41.4 Å². The maximum atomic E-state index is 5.47. The Morgan fingerprint density at radius 1 is 1.04 bits per heavy atom. The smallest absolute Gasteiger partial charge is 0.130 e. The summed E-state index contributed by atoms with van der Waals surface area (Å²) >= 11 is 0. The largest absolute Gasteiger partial charge is 0.496 e. The van der Waals surface area contributed by atoms with Crippen LogP contribution in [-0.4, -0.2) is 17.1 Å². The number of aromatic nitrogens is 2. The third-order valence-electron chi connectivity index (χ3n) is 5.23. The lowest BCUT2D eigenvalue weighted by molar-refractivity contribution is 0.412. The van der Waals surface area contributed by atoms with Crippen LogP contribution < -0.4 is 10.1 Å². The molecule has 1 aliphatic carbocycles. The van der Waals surface area contributed by atoms with E-state index in [-0.39, 0.29) is 0 Å². The van der Waals surface area contributed by atoms with Gasteiger partial charge in [-0.05, 0) is 55.9 Å². The average molecular weight is 359 g/mol. The predicted octanol–water partition coefficient (Wildman–Crippen LogP) is 5.26. The molecule has 1 heterocycles. The lowest BCUT2D eigenvalue weighted by Gasteiger charge is -2.27. The SMILES string of the molecule is COc1cc(-c2cc(N[C@@H]3CCCc4ccccc43)nc(C)n2)ccc1C. The van der Waals surface area contributed by atoms with Crippen LogP contribution >= 0.6 is 0 Å². The van der Waals surface area contributed by atoms with Crippen LogP contribution in [0, 0.1) is 13.8 Å². The Morgan fingerprint density at radius 2 is 1.89 bits per heavy atom. The Hall–Kier alpha value is -2.88. The topological polar surface area (TPSA) is 47.0 Å². The van der Waals surface area contributed by atoms with Gasteiger partial charge in [0.1, 0.15) is 17.4 Å². The summed E-state index contributed by atoms with van der Waals surface area (Å²) in [6.45, 7) is 3.98. The van der Waals surface area contributed by atoms with Crippen molar-refractivity contribution in [3.8, 4) is 17.0 Å². The van der Waals surface area contributed by atoms with Crippen molar-refractivity contribution in [2.24, 2.45) is 0 Å². The number of ether oxygens (including phenoxy) is 1. The van der Waals surface area contributed by atoms with E-state index in [9.17, 15) is 0 Å². The van der Waals surface area contributed by atoms with Gasteiger partial charge in [-0.15, -0.1) is 0 Å². The molecule has 4 nitrogen and oxygen atoms in total. The van der Waals surface area contributed by atoms with Gasteiger partial charge in [0.25, 0.3) is 0 Å². The Balaban J connectivity index is 1.66. The first kappa shape index (κ1) is 17.5. The van der Waals surface area contributed by atoms with E-state index in [0.29, 0.717) is 6.04 Å². The highest BCUT2D eigenvalue weighted by molar-refractivity contribution is 5.65.